The highest BCUT2D eigenvalue weighted by atomic mass is 32.1. The number of aromatic nitrogens is 1. The van der Waals surface area contributed by atoms with Crippen LogP contribution in [0.4, 0.5) is 16.5 Å². The highest BCUT2D eigenvalue weighted by Crippen LogP contribution is 2.27. The molecule has 3 N–H and O–H groups in total. The van der Waals surface area contributed by atoms with Crippen molar-refractivity contribution in [1.29, 1.82) is 0 Å². The zero-order valence-electron chi connectivity index (χ0n) is 11.0. The van der Waals surface area contributed by atoms with E-state index in [2.05, 4.69) is 10.3 Å². The second-order valence-corrected chi connectivity index (χ2v) is 5.27. The molecule has 2 aromatic carbocycles. The maximum absolute atomic E-state index is 11.0. The molecule has 1 heterocycles. The highest BCUT2D eigenvalue weighted by molar-refractivity contribution is 7.14. The van der Waals surface area contributed by atoms with Gasteiger partial charge < -0.3 is 10.5 Å². The van der Waals surface area contributed by atoms with E-state index >= 15 is 0 Å². The number of nitrogens with one attached hydrogen (secondary N) is 2. The quantitative estimate of drug-likeness (QED) is 0.648. The van der Waals surface area contributed by atoms with E-state index in [9.17, 15) is 5.21 Å². The molecular formula is C15H13N3O2S. The predicted octanol–water partition coefficient (Wildman–Crippen LogP) is 2.96. The normalized spacial score (nSPS) is 12.1. The van der Waals surface area contributed by atoms with Gasteiger partial charge in [0.25, 0.3) is 0 Å². The van der Waals surface area contributed by atoms with Crippen molar-refractivity contribution in [2.24, 2.45) is 0 Å². The minimum Gasteiger partial charge on any atom is -0.595 e. The minimum absolute atomic E-state index is 0.262. The van der Waals surface area contributed by atoms with Crippen LogP contribution >= 0.6 is 11.3 Å². The van der Waals surface area contributed by atoms with Gasteiger partial charge in [-0.1, -0.05) is 30.3 Å². The fraction of sp³-hybridized carbons (Fsp3) is 0. The summed E-state index contributed by atoms with van der Waals surface area (Å²) in [6.45, 7) is 0. The first kappa shape index (κ1) is 13.7. The molecule has 0 aliphatic heterocycles. The third-order valence-corrected chi connectivity index (χ3v) is 3.69. The van der Waals surface area contributed by atoms with E-state index in [1.165, 1.54) is 11.3 Å². The van der Waals surface area contributed by atoms with E-state index in [1.807, 2.05) is 41.8 Å². The van der Waals surface area contributed by atoms with Crippen LogP contribution in [0.15, 0.2) is 60.0 Å². The van der Waals surface area contributed by atoms with Gasteiger partial charge in [0.15, 0.2) is 10.8 Å². The van der Waals surface area contributed by atoms with Gasteiger partial charge >= 0.3 is 0 Å². The molecule has 3 rings (SSSR count). The average molecular weight is 299 g/mol. The Balaban J connectivity index is 1.83. The fourth-order valence-corrected chi connectivity index (χ4v) is 2.66. The van der Waals surface area contributed by atoms with Crippen LogP contribution in [0.3, 0.4) is 0 Å². The maximum atomic E-state index is 11.0. The summed E-state index contributed by atoms with van der Waals surface area (Å²) in [5, 5.41) is 25.0. The number of anilines is 2. The molecule has 106 valence electrons. The SMILES string of the molecule is [O-][NH+](O)c1cccc(-c2csc(Nc3ccccc3)n2)c1. The number of nitrogens with zero attached hydrogens (tertiary/aromatic N) is 1. The molecule has 0 saturated heterocycles. The topological polar surface area (TPSA) is 72.7 Å². The van der Waals surface area contributed by atoms with Crippen LogP contribution in [0.2, 0.25) is 0 Å². The lowest BCUT2D eigenvalue weighted by molar-refractivity contribution is -0.991. The standard InChI is InChI=1S/C15H13N3O2S/c19-18(20)13-8-4-5-11(9-13)14-10-21-15(17-14)16-12-6-2-1-3-7-12/h1-10,18-19H,(H,16,17). The summed E-state index contributed by atoms with van der Waals surface area (Å²) >= 11 is 1.48. The highest BCUT2D eigenvalue weighted by Gasteiger charge is 2.07. The van der Waals surface area contributed by atoms with E-state index < -0.39 is 5.23 Å². The lowest BCUT2D eigenvalue weighted by atomic mass is 10.1. The molecule has 1 atom stereocenters. The largest absolute Gasteiger partial charge is 0.595 e. The average Bonchev–Trinajstić information content (AvgIpc) is 2.97. The summed E-state index contributed by atoms with van der Waals surface area (Å²) in [5.74, 6) is 0. The van der Waals surface area contributed by atoms with Gasteiger partial charge in [0, 0.05) is 28.8 Å². The van der Waals surface area contributed by atoms with E-state index in [0.29, 0.717) is 0 Å². The first-order chi connectivity index (χ1) is 10.2. The zero-order chi connectivity index (χ0) is 14.7. The number of quaternary nitrogens is 1. The first-order valence-electron chi connectivity index (χ1n) is 6.34. The van der Waals surface area contributed by atoms with Gasteiger partial charge in [0.1, 0.15) is 0 Å². The van der Waals surface area contributed by atoms with Gasteiger partial charge in [-0.3, -0.25) is 0 Å². The Morgan fingerprint density at radius 1 is 1.10 bits per heavy atom. The minimum atomic E-state index is -0.935. The molecule has 3 aromatic rings. The monoisotopic (exact) mass is 299 g/mol. The van der Waals surface area contributed by atoms with Gasteiger partial charge in [0.2, 0.25) is 0 Å². The Labute approximate surface area is 125 Å². The van der Waals surface area contributed by atoms with Crippen molar-refractivity contribution in [3.05, 3.63) is 65.2 Å². The Kier molecular flexibility index (Phi) is 3.94. The number of benzene rings is 2. The van der Waals surface area contributed by atoms with Crippen LogP contribution < -0.4 is 10.5 Å². The molecular weight excluding hydrogens is 286 g/mol. The van der Waals surface area contributed by atoms with Crippen LogP contribution in [-0.2, 0) is 0 Å². The van der Waals surface area contributed by atoms with Crippen LogP contribution in [0.5, 0.6) is 0 Å². The smallest absolute Gasteiger partial charge is 0.187 e. The zero-order valence-corrected chi connectivity index (χ0v) is 11.8. The van der Waals surface area contributed by atoms with Gasteiger partial charge in [-0.2, -0.15) is 5.23 Å². The van der Waals surface area contributed by atoms with Gasteiger partial charge in [-0.25, -0.2) is 10.2 Å². The summed E-state index contributed by atoms with van der Waals surface area (Å²) in [6.07, 6.45) is 0. The predicted molar refractivity (Wildman–Crippen MR) is 83.1 cm³/mol. The van der Waals surface area contributed by atoms with Crippen molar-refractivity contribution in [1.82, 2.24) is 4.98 Å². The number of hydrogen-bond donors (Lipinski definition) is 3. The van der Waals surface area contributed by atoms with Crippen molar-refractivity contribution in [2.75, 3.05) is 5.32 Å². The molecule has 21 heavy (non-hydrogen) atoms. The van der Waals surface area contributed by atoms with E-state index in [-0.39, 0.29) is 5.69 Å². The molecule has 6 heteroatoms. The molecule has 0 aliphatic carbocycles. The summed E-state index contributed by atoms with van der Waals surface area (Å²) in [7, 11) is 0. The van der Waals surface area contributed by atoms with E-state index in [4.69, 9.17) is 5.21 Å². The fourth-order valence-electron chi connectivity index (χ4n) is 1.92. The molecule has 1 unspecified atom stereocenters. The van der Waals surface area contributed by atoms with Crippen LogP contribution in [0, 0.1) is 5.21 Å². The van der Waals surface area contributed by atoms with E-state index in [1.54, 1.807) is 18.2 Å². The van der Waals surface area contributed by atoms with Crippen molar-refractivity contribution < 1.29 is 10.4 Å². The summed E-state index contributed by atoms with van der Waals surface area (Å²) in [4.78, 5) is 4.49. The van der Waals surface area contributed by atoms with Crippen molar-refractivity contribution >= 4 is 27.8 Å². The van der Waals surface area contributed by atoms with Crippen molar-refractivity contribution in [3.8, 4) is 11.3 Å². The van der Waals surface area contributed by atoms with Gasteiger partial charge in [-0.05, 0) is 12.1 Å². The summed E-state index contributed by atoms with van der Waals surface area (Å²) in [6, 6.07) is 16.6. The third kappa shape index (κ3) is 3.26. The molecule has 5 nitrogen and oxygen atoms in total. The Morgan fingerprint density at radius 3 is 2.67 bits per heavy atom. The van der Waals surface area contributed by atoms with Crippen LogP contribution in [0.25, 0.3) is 11.3 Å². The summed E-state index contributed by atoms with van der Waals surface area (Å²) in [5.41, 5.74) is 2.80. The summed E-state index contributed by atoms with van der Waals surface area (Å²) < 4.78 is 0. The molecule has 0 fully saturated rings. The molecule has 0 amide bonds. The Morgan fingerprint density at radius 2 is 1.90 bits per heavy atom. The lowest BCUT2D eigenvalue weighted by Crippen LogP contribution is -2.99. The number of rotatable bonds is 4. The molecule has 0 radical (unpaired) electrons. The van der Waals surface area contributed by atoms with Crippen molar-refractivity contribution in [2.45, 2.75) is 0 Å². The van der Waals surface area contributed by atoms with Gasteiger partial charge in [0.05, 0.1) is 5.69 Å². The number of hydrogen-bond acceptors (Lipinski definition) is 5. The first-order valence-corrected chi connectivity index (χ1v) is 7.22. The molecule has 0 aliphatic rings. The molecule has 1 aromatic heterocycles. The Bertz CT molecular complexity index is 729. The van der Waals surface area contributed by atoms with E-state index in [0.717, 1.165) is 22.1 Å². The molecule has 0 saturated carbocycles. The lowest BCUT2D eigenvalue weighted by Gasteiger charge is -2.11. The number of thiazole rings is 1. The third-order valence-electron chi connectivity index (χ3n) is 2.93. The number of para-hydroxylation sites is 1. The second-order valence-electron chi connectivity index (χ2n) is 4.41. The van der Waals surface area contributed by atoms with Crippen molar-refractivity contribution in [3.63, 3.8) is 0 Å². The molecule has 0 spiro atoms. The molecule has 0 bridgehead atoms. The Hall–Kier alpha value is -2.25. The maximum Gasteiger partial charge on any atom is 0.187 e. The van der Waals surface area contributed by atoms with Crippen LogP contribution in [0.1, 0.15) is 0 Å². The van der Waals surface area contributed by atoms with Gasteiger partial charge in [-0.15, -0.1) is 11.3 Å². The van der Waals surface area contributed by atoms with Crippen LogP contribution in [-0.4, -0.2) is 10.2 Å². The second kappa shape index (κ2) is 6.02.